The first-order valence-corrected chi connectivity index (χ1v) is 5.07. The first-order valence-electron chi connectivity index (χ1n) is 5.07. The van der Waals surface area contributed by atoms with Gasteiger partial charge in [-0.3, -0.25) is 4.79 Å². The maximum absolute atomic E-state index is 10.9. The highest BCUT2D eigenvalue weighted by Gasteiger charge is 2.29. The molecule has 0 fully saturated rings. The number of nitrogens with zero attached hydrogens (tertiary/aromatic N) is 1. The second-order valence-corrected chi connectivity index (χ2v) is 4.67. The van der Waals surface area contributed by atoms with E-state index >= 15 is 0 Å². The number of oxime groups is 1. The summed E-state index contributed by atoms with van der Waals surface area (Å²) in [6.07, 6.45) is 1.99. The van der Waals surface area contributed by atoms with Crippen molar-refractivity contribution in [3.63, 3.8) is 0 Å². The van der Waals surface area contributed by atoms with Gasteiger partial charge in [-0.05, 0) is 6.08 Å². The van der Waals surface area contributed by atoms with Crippen molar-refractivity contribution >= 4 is 11.6 Å². The van der Waals surface area contributed by atoms with Gasteiger partial charge in [-0.25, -0.2) is 0 Å². The number of amides is 1. The molecule has 0 saturated heterocycles. The van der Waals surface area contributed by atoms with E-state index in [2.05, 4.69) is 37.8 Å². The van der Waals surface area contributed by atoms with Crippen molar-refractivity contribution < 1.29 is 9.63 Å². The summed E-state index contributed by atoms with van der Waals surface area (Å²) in [5.41, 5.74) is 1.08. The molecule has 0 aromatic carbocycles. The van der Waals surface area contributed by atoms with Crippen LogP contribution >= 0.6 is 0 Å². The van der Waals surface area contributed by atoms with E-state index in [0.717, 1.165) is 12.1 Å². The lowest BCUT2D eigenvalue weighted by Crippen LogP contribution is -2.32. The van der Waals surface area contributed by atoms with E-state index < -0.39 is 0 Å². The van der Waals surface area contributed by atoms with Gasteiger partial charge in [-0.15, -0.1) is 0 Å². The van der Waals surface area contributed by atoms with Gasteiger partial charge < -0.3 is 10.2 Å². The summed E-state index contributed by atoms with van der Waals surface area (Å²) in [5.74, 6) is -0.178. The van der Waals surface area contributed by atoms with Crippen LogP contribution in [0.25, 0.3) is 0 Å². The molecule has 0 saturated carbocycles. The SMILES string of the molecule is C=CC(=O)NCC1CC(C(C)(C)C)=NO1. The number of rotatable bonds is 3. The predicted molar refractivity (Wildman–Crippen MR) is 59.6 cm³/mol. The molecule has 1 unspecified atom stereocenters. The molecule has 15 heavy (non-hydrogen) atoms. The van der Waals surface area contributed by atoms with Crippen LogP contribution in [-0.2, 0) is 9.63 Å². The second kappa shape index (κ2) is 4.47. The molecule has 1 atom stereocenters. The Morgan fingerprint density at radius 2 is 2.40 bits per heavy atom. The summed E-state index contributed by atoms with van der Waals surface area (Å²) in [6, 6.07) is 0. The Kier molecular flexibility index (Phi) is 3.50. The van der Waals surface area contributed by atoms with Crippen LogP contribution in [0.2, 0.25) is 0 Å². The van der Waals surface area contributed by atoms with Crippen molar-refractivity contribution in [2.45, 2.75) is 33.3 Å². The minimum atomic E-state index is -0.178. The molecule has 0 bridgehead atoms. The van der Waals surface area contributed by atoms with Crippen LogP contribution in [0.1, 0.15) is 27.2 Å². The zero-order valence-electron chi connectivity index (χ0n) is 9.54. The highest BCUT2D eigenvalue weighted by atomic mass is 16.6. The Bertz CT molecular complexity index is 289. The number of hydrogen-bond acceptors (Lipinski definition) is 3. The fourth-order valence-corrected chi connectivity index (χ4v) is 1.27. The topological polar surface area (TPSA) is 50.7 Å². The first kappa shape index (κ1) is 11.8. The van der Waals surface area contributed by atoms with Crippen LogP contribution in [0.15, 0.2) is 17.8 Å². The van der Waals surface area contributed by atoms with E-state index in [9.17, 15) is 4.79 Å². The van der Waals surface area contributed by atoms with Gasteiger partial charge in [-0.1, -0.05) is 32.5 Å². The van der Waals surface area contributed by atoms with E-state index in [0.29, 0.717) is 6.54 Å². The Balaban J connectivity index is 2.35. The van der Waals surface area contributed by atoms with Gasteiger partial charge in [0.1, 0.15) is 6.10 Å². The molecule has 1 aliphatic heterocycles. The van der Waals surface area contributed by atoms with Crippen molar-refractivity contribution in [1.29, 1.82) is 0 Å². The molecule has 1 N–H and O–H groups in total. The van der Waals surface area contributed by atoms with Crippen LogP contribution in [0.3, 0.4) is 0 Å². The van der Waals surface area contributed by atoms with Gasteiger partial charge >= 0.3 is 0 Å². The third-order valence-electron chi connectivity index (χ3n) is 2.29. The van der Waals surface area contributed by atoms with E-state index in [1.807, 2.05) is 0 Å². The quantitative estimate of drug-likeness (QED) is 0.717. The van der Waals surface area contributed by atoms with Crippen molar-refractivity contribution in [3.8, 4) is 0 Å². The van der Waals surface area contributed by atoms with Crippen molar-refractivity contribution in [3.05, 3.63) is 12.7 Å². The van der Waals surface area contributed by atoms with E-state index in [1.165, 1.54) is 6.08 Å². The minimum Gasteiger partial charge on any atom is -0.390 e. The van der Waals surface area contributed by atoms with Gasteiger partial charge in [0.05, 0.1) is 12.3 Å². The average Bonchev–Trinajstić information content (AvgIpc) is 2.61. The zero-order chi connectivity index (χ0) is 11.5. The van der Waals surface area contributed by atoms with Gasteiger partial charge in [0.15, 0.2) is 0 Å². The van der Waals surface area contributed by atoms with Gasteiger partial charge in [-0.2, -0.15) is 0 Å². The van der Waals surface area contributed by atoms with Crippen LogP contribution < -0.4 is 5.32 Å². The fourth-order valence-electron chi connectivity index (χ4n) is 1.27. The molecule has 0 aromatic heterocycles. The van der Waals surface area contributed by atoms with E-state index in [4.69, 9.17) is 4.84 Å². The lowest BCUT2D eigenvalue weighted by atomic mass is 9.87. The van der Waals surface area contributed by atoms with E-state index in [-0.39, 0.29) is 17.4 Å². The number of nitrogens with one attached hydrogen (secondary N) is 1. The Morgan fingerprint density at radius 1 is 1.73 bits per heavy atom. The Labute approximate surface area is 90.4 Å². The molecule has 0 aliphatic carbocycles. The largest absolute Gasteiger partial charge is 0.390 e. The zero-order valence-corrected chi connectivity index (χ0v) is 9.54. The normalized spacial score (nSPS) is 20.5. The maximum atomic E-state index is 10.9. The van der Waals surface area contributed by atoms with Crippen LogP contribution in [0.5, 0.6) is 0 Å². The number of carbonyl (C=O) groups is 1. The summed E-state index contributed by atoms with van der Waals surface area (Å²) in [7, 11) is 0. The lowest BCUT2D eigenvalue weighted by Gasteiger charge is -2.16. The fraction of sp³-hybridized carbons (Fsp3) is 0.636. The second-order valence-electron chi connectivity index (χ2n) is 4.67. The molecule has 1 aliphatic rings. The molecular formula is C11H18N2O2. The van der Waals surface area contributed by atoms with Gasteiger partial charge in [0.25, 0.3) is 0 Å². The molecule has 0 aromatic rings. The van der Waals surface area contributed by atoms with Crippen molar-refractivity contribution in [2.24, 2.45) is 10.6 Å². The lowest BCUT2D eigenvalue weighted by molar-refractivity contribution is -0.117. The summed E-state index contributed by atoms with van der Waals surface area (Å²) in [4.78, 5) is 16.2. The first-order chi connectivity index (χ1) is 6.93. The smallest absolute Gasteiger partial charge is 0.243 e. The number of carbonyl (C=O) groups excluding carboxylic acids is 1. The molecule has 4 nitrogen and oxygen atoms in total. The minimum absolute atomic E-state index is 0.0388. The molecule has 84 valence electrons. The third-order valence-corrected chi connectivity index (χ3v) is 2.29. The molecule has 1 rings (SSSR count). The summed E-state index contributed by atoms with van der Waals surface area (Å²) < 4.78 is 0. The number of hydrogen-bond donors (Lipinski definition) is 1. The molecule has 0 radical (unpaired) electrons. The summed E-state index contributed by atoms with van der Waals surface area (Å²) in [5, 5.41) is 6.72. The third kappa shape index (κ3) is 3.38. The molecule has 0 spiro atoms. The Morgan fingerprint density at radius 3 is 2.87 bits per heavy atom. The standard InChI is InChI=1S/C11H18N2O2/c1-5-10(14)12-7-8-6-9(13-15-8)11(2,3)4/h5,8H,1,6-7H2,2-4H3,(H,12,14). The molecule has 4 heteroatoms. The maximum Gasteiger partial charge on any atom is 0.243 e. The molecule has 1 heterocycles. The van der Waals surface area contributed by atoms with Crippen LogP contribution in [0, 0.1) is 5.41 Å². The van der Waals surface area contributed by atoms with Crippen LogP contribution in [-0.4, -0.2) is 24.3 Å². The van der Waals surface area contributed by atoms with Gasteiger partial charge in [0.2, 0.25) is 5.91 Å². The average molecular weight is 210 g/mol. The molecule has 1 amide bonds. The predicted octanol–water partition coefficient (Wildman–Crippen LogP) is 1.48. The summed E-state index contributed by atoms with van der Waals surface area (Å²) in [6.45, 7) is 10.1. The van der Waals surface area contributed by atoms with Gasteiger partial charge in [0, 0.05) is 11.8 Å². The monoisotopic (exact) mass is 210 g/mol. The highest BCUT2D eigenvalue weighted by molar-refractivity contribution is 5.90. The van der Waals surface area contributed by atoms with E-state index in [1.54, 1.807) is 0 Å². The van der Waals surface area contributed by atoms with Crippen molar-refractivity contribution in [2.75, 3.05) is 6.54 Å². The highest BCUT2D eigenvalue weighted by Crippen LogP contribution is 2.24. The summed E-state index contributed by atoms with van der Waals surface area (Å²) >= 11 is 0. The Hall–Kier alpha value is -1.32. The van der Waals surface area contributed by atoms with Crippen LogP contribution in [0.4, 0.5) is 0 Å². The van der Waals surface area contributed by atoms with Crippen molar-refractivity contribution in [1.82, 2.24) is 5.32 Å². The molecular weight excluding hydrogens is 192 g/mol.